The van der Waals surface area contributed by atoms with Gasteiger partial charge in [0.2, 0.25) is 5.82 Å². The first-order chi connectivity index (χ1) is 12.8. The van der Waals surface area contributed by atoms with E-state index in [0.29, 0.717) is 12.4 Å². The second kappa shape index (κ2) is 7.86. The highest BCUT2D eigenvalue weighted by molar-refractivity contribution is 5.89. The predicted octanol–water partition coefficient (Wildman–Crippen LogP) is 2.64. The highest BCUT2D eigenvalue weighted by atomic mass is 16.5. The van der Waals surface area contributed by atoms with Gasteiger partial charge in [0.25, 0.3) is 0 Å². The minimum Gasteiger partial charge on any atom is -0.376 e. The number of nitrogens with one attached hydrogen (secondary N) is 1. The van der Waals surface area contributed by atoms with Crippen LogP contribution in [0, 0.1) is 0 Å². The Morgan fingerprint density at radius 3 is 2.69 bits per heavy atom. The van der Waals surface area contributed by atoms with E-state index in [1.165, 1.54) is 24.9 Å². The van der Waals surface area contributed by atoms with Crippen LogP contribution in [-0.4, -0.2) is 48.4 Å². The van der Waals surface area contributed by atoms with Crippen LogP contribution in [0.4, 0.5) is 5.69 Å². The molecule has 2 aromatic rings. The van der Waals surface area contributed by atoms with E-state index >= 15 is 0 Å². The Labute approximate surface area is 152 Å². The highest BCUT2D eigenvalue weighted by Gasteiger charge is 2.20. The monoisotopic (exact) mass is 356 g/mol. The number of nitrogens with zero attached hydrogens (tertiary/aromatic N) is 3. The first-order valence-electron chi connectivity index (χ1n) is 9.38. The number of rotatable bonds is 5. The normalized spacial score (nSPS) is 20.3. The SMILES string of the molecule is O=C(NC[C@H]1CCCO1)c1nc(-c2ccc(N3CCCCC3)cc2)no1. The highest BCUT2D eigenvalue weighted by Crippen LogP contribution is 2.23. The Bertz CT molecular complexity index is 731. The van der Waals surface area contributed by atoms with Gasteiger partial charge >= 0.3 is 11.8 Å². The molecule has 2 fully saturated rings. The fourth-order valence-corrected chi connectivity index (χ4v) is 3.49. The molecule has 1 aromatic heterocycles. The van der Waals surface area contributed by atoms with Crippen LogP contribution in [0.2, 0.25) is 0 Å². The van der Waals surface area contributed by atoms with Crippen LogP contribution < -0.4 is 10.2 Å². The van der Waals surface area contributed by atoms with Gasteiger partial charge in [0.05, 0.1) is 6.10 Å². The zero-order valence-corrected chi connectivity index (χ0v) is 14.8. The number of carbonyl (C=O) groups is 1. The van der Waals surface area contributed by atoms with Crippen molar-refractivity contribution in [2.24, 2.45) is 0 Å². The van der Waals surface area contributed by atoms with E-state index in [-0.39, 0.29) is 17.9 Å². The lowest BCUT2D eigenvalue weighted by Gasteiger charge is -2.28. The lowest BCUT2D eigenvalue weighted by molar-refractivity contribution is 0.0822. The van der Waals surface area contributed by atoms with Crippen molar-refractivity contribution in [3.8, 4) is 11.4 Å². The molecular formula is C19H24N4O3. The number of hydrogen-bond donors (Lipinski definition) is 1. The molecule has 1 amide bonds. The third-order valence-electron chi connectivity index (χ3n) is 4.98. The predicted molar refractivity (Wildman–Crippen MR) is 97.1 cm³/mol. The zero-order valence-electron chi connectivity index (χ0n) is 14.8. The summed E-state index contributed by atoms with van der Waals surface area (Å²) in [5, 5.41) is 6.73. The molecule has 2 aliphatic heterocycles. The number of carbonyl (C=O) groups excluding carboxylic acids is 1. The summed E-state index contributed by atoms with van der Waals surface area (Å²) in [6.07, 6.45) is 5.91. The minimum absolute atomic E-state index is 0.0156. The fraction of sp³-hybridized carbons (Fsp3) is 0.526. The lowest BCUT2D eigenvalue weighted by atomic mass is 10.1. The van der Waals surface area contributed by atoms with Crippen molar-refractivity contribution in [3.05, 3.63) is 30.2 Å². The molecule has 26 heavy (non-hydrogen) atoms. The largest absolute Gasteiger partial charge is 0.376 e. The second-order valence-corrected chi connectivity index (χ2v) is 6.86. The number of benzene rings is 1. The van der Waals surface area contributed by atoms with E-state index in [9.17, 15) is 4.79 Å². The lowest BCUT2D eigenvalue weighted by Crippen LogP contribution is -2.31. The molecule has 3 heterocycles. The summed E-state index contributed by atoms with van der Waals surface area (Å²) in [6, 6.07) is 8.11. The van der Waals surface area contributed by atoms with Gasteiger partial charge in [-0.15, -0.1) is 0 Å². The topological polar surface area (TPSA) is 80.5 Å². The van der Waals surface area contributed by atoms with Crippen molar-refractivity contribution in [2.45, 2.75) is 38.2 Å². The Morgan fingerprint density at radius 2 is 1.96 bits per heavy atom. The Balaban J connectivity index is 1.38. The molecule has 0 aliphatic carbocycles. The number of piperidine rings is 1. The van der Waals surface area contributed by atoms with Gasteiger partial charge in [-0.05, 0) is 56.4 Å². The van der Waals surface area contributed by atoms with Crippen LogP contribution in [0.5, 0.6) is 0 Å². The average Bonchev–Trinajstić information content (AvgIpc) is 3.39. The Morgan fingerprint density at radius 1 is 1.15 bits per heavy atom. The van der Waals surface area contributed by atoms with Crippen LogP contribution in [0.1, 0.15) is 42.8 Å². The maximum Gasteiger partial charge on any atom is 0.316 e. The molecule has 0 spiro atoms. The van der Waals surface area contributed by atoms with Gasteiger partial charge < -0.3 is 19.5 Å². The van der Waals surface area contributed by atoms with Crippen LogP contribution in [0.3, 0.4) is 0 Å². The van der Waals surface area contributed by atoms with Crippen LogP contribution in [0.15, 0.2) is 28.8 Å². The molecule has 2 saturated heterocycles. The summed E-state index contributed by atoms with van der Waals surface area (Å²) in [5.41, 5.74) is 2.05. The minimum atomic E-state index is -0.357. The summed E-state index contributed by atoms with van der Waals surface area (Å²) in [4.78, 5) is 18.8. The molecule has 4 rings (SSSR count). The third kappa shape index (κ3) is 3.88. The molecule has 1 aromatic carbocycles. The molecule has 7 heteroatoms. The summed E-state index contributed by atoms with van der Waals surface area (Å²) >= 11 is 0. The van der Waals surface area contributed by atoms with Crippen molar-refractivity contribution in [1.82, 2.24) is 15.5 Å². The maximum atomic E-state index is 12.1. The van der Waals surface area contributed by atoms with Crippen molar-refractivity contribution >= 4 is 11.6 Å². The second-order valence-electron chi connectivity index (χ2n) is 6.86. The van der Waals surface area contributed by atoms with Gasteiger partial charge in [-0.1, -0.05) is 5.16 Å². The molecule has 0 saturated carbocycles. The van der Waals surface area contributed by atoms with Gasteiger partial charge in [-0.2, -0.15) is 4.98 Å². The van der Waals surface area contributed by atoms with Gasteiger partial charge in [-0.25, -0.2) is 0 Å². The summed E-state index contributed by atoms with van der Waals surface area (Å²) in [7, 11) is 0. The van der Waals surface area contributed by atoms with Gasteiger partial charge in [0.1, 0.15) is 0 Å². The smallest absolute Gasteiger partial charge is 0.316 e. The van der Waals surface area contributed by atoms with Crippen molar-refractivity contribution in [2.75, 3.05) is 31.1 Å². The number of hydrogen-bond acceptors (Lipinski definition) is 6. The van der Waals surface area contributed by atoms with Gasteiger partial charge in [0.15, 0.2) is 0 Å². The van der Waals surface area contributed by atoms with E-state index in [4.69, 9.17) is 9.26 Å². The zero-order chi connectivity index (χ0) is 17.8. The summed E-state index contributed by atoms with van der Waals surface area (Å²) in [5.74, 6) is 0.0553. The van der Waals surface area contributed by atoms with E-state index in [1.54, 1.807) is 0 Å². The number of amides is 1. The Hall–Kier alpha value is -2.41. The number of aromatic nitrogens is 2. The molecule has 0 bridgehead atoms. The van der Waals surface area contributed by atoms with Crippen LogP contribution >= 0.6 is 0 Å². The Kier molecular flexibility index (Phi) is 5.15. The molecule has 1 atom stereocenters. The van der Waals surface area contributed by atoms with E-state index < -0.39 is 0 Å². The van der Waals surface area contributed by atoms with Crippen molar-refractivity contribution < 1.29 is 14.1 Å². The molecule has 0 unspecified atom stereocenters. The van der Waals surface area contributed by atoms with Crippen molar-refractivity contribution in [3.63, 3.8) is 0 Å². The van der Waals surface area contributed by atoms with E-state index in [1.807, 2.05) is 12.1 Å². The molecule has 0 radical (unpaired) electrons. The van der Waals surface area contributed by atoms with Crippen LogP contribution in [-0.2, 0) is 4.74 Å². The standard InChI is InChI=1S/C19H24N4O3/c24-18(20-13-16-5-4-12-25-16)19-21-17(22-26-19)14-6-8-15(9-7-14)23-10-2-1-3-11-23/h6-9,16H,1-5,10-13H2,(H,20,24)/t16-/m1/s1. The molecular weight excluding hydrogens is 332 g/mol. The number of ether oxygens (including phenoxy) is 1. The van der Waals surface area contributed by atoms with Gasteiger partial charge in [-0.3, -0.25) is 4.79 Å². The van der Waals surface area contributed by atoms with Gasteiger partial charge in [0, 0.05) is 37.5 Å². The summed E-state index contributed by atoms with van der Waals surface area (Å²) < 4.78 is 10.6. The quantitative estimate of drug-likeness (QED) is 0.887. The fourth-order valence-electron chi connectivity index (χ4n) is 3.49. The molecule has 1 N–H and O–H groups in total. The first kappa shape index (κ1) is 17.0. The number of anilines is 1. The van der Waals surface area contributed by atoms with Crippen LogP contribution in [0.25, 0.3) is 11.4 Å². The maximum absolute atomic E-state index is 12.1. The van der Waals surface area contributed by atoms with E-state index in [0.717, 1.165) is 38.1 Å². The van der Waals surface area contributed by atoms with Crippen molar-refractivity contribution in [1.29, 1.82) is 0 Å². The molecule has 2 aliphatic rings. The average molecular weight is 356 g/mol. The molecule has 7 nitrogen and oxygen atoms in total. The first-order valence-corrected chi connectivity index (χ1v) is 9.38. The third-order valence-corrected chi connectivity index (χ3v) is 4.98. The summed E-state index contributed by atoms with van der Waals surface area (Å²) in [6.45, 7) is 3.45. The van der Waals surface area contributed by atoms with E-state index in [2.05, 4.69) is 32.5 Å². The molecule has 138 valence electrons.